The number of carbonyl (C=O) groups excluding carboxylic acids is 1. The highest BCUT2D eigenvalue weighted by molar-refractivity contribution is 5.76. The van der Waals surface area contributed by atoms with E-state index in [2.05, 4.69) is 42.7 Å². The Morgan fingerprint density at radius 2 is 2.15 bits per heavy atom. The smallest absolute Gasteiger partial charge is 0.220 e. The summed E-state index contributed by atoms with van der Waals surface area (Å²) in [6.45, 7) is 7.80. The summed E-state index contributed by atoms with van der Waals surface area (Å²) in [5.41, 5.74) is 0. The summed E-state index contributed by atoms with van der Waals surface area (Å²) < 4.78 is 3.48. The molecule has 0 bridgehead atoms. The van der Waals surface area contributed by atoms with Gasteiger partial charge in [-0.1, -0.05) is 6.92 Å². The molecule has 2 aromatic heterocycles. The first-order chi connectivity index (χ1) is 13.0. The van der Waals surface area contributed by atoms with Gasteiger partial charge in [0.15, 0.2) is 5.82 Å². The van der Waals surface area contributed by atoms with Gasteiger partial charge in [0.1, 0.15) is 12.2 Å². The Bertz CT molecular complexity index is 732. The molecule has 1 saturated heterocycles. The van der Waals surface area contributed by atoms with Crippen molar-refractivity contribution in [3.8, 4) is 0 Å². The quantitative estimate of drug-likeness (QED) is 0.723. The van der Waals surface area contributed by atoms with Crippen LogP contribution in [0.1, 0.15) is 57.2 Å². The van der Waals surface area contributed by atoms with Crippen LogP contribution < -0.4 is 5.32 Å². The van der Waals surface area contributed by atoms with Gasteiger partial charge in [-0.2, -0.15) is 5.10 Å². The largest absolute Gasteiger partial charge is 0.346 e. The standard InChI is InChI=1S/C17H29N9O/c1-13-6-9-25(10-7-13)11-15-21-22-23-26(15)8-4-5-16(27)20-14(2)17-18-12-19-24(17)3/h12-14H,4-11H2,1-3H3,(H,20,27)/t14-/m1/s1. The van der Waals surface area contributed by atoms with Crippen LogP contribution in [-0.4, -0.2) is 58.9 Å². The topological polar surface area (TPSA) is 107 Å². The Balaban J connectivity index is 1.42. The lowest BCUT2D eigenvalue weighted by molar-refractivity contribution is -0.121. The van der Waals surface area contributed by atoms with Crippen LogP contribution in [-0.2, 0) is 24.9 Å². The minimum absolute atomic E-state index is 0.00913. The Labute approximate surface area is 159 Å². The van der Waals surface area contributed by atoms with Gasteiger partial charge in [-0.3, -0.25) is 14.4 Å². The highest BCUT2D eigenvalue weighted by Gasteiger charge is 2.19. The summed E-state index contributed by atoms with van der Waals surface area (Å²) in [4.78, 5) is 18.7. The zero-order chi connectivity index (χ0) is 19.2. The Hall–Kier alpha value is -2.36. The van der Waals surface area contributed by atoms with Gasteiger partial charge in [0.2, 0.25) is 5.91 Å². The van der Waals surface area contributed by atoms with Gasteiger partial charge in [-0.15, -0.1) is 5.10 Å². The Kier molecular flexibility index (Phi) is 6.49. The zero-order valence-electron chi connectivity index (χ0n) is 16.4. The van der Waals surface area contributed by atoms with Crippen LogP contribution in [0.2, 0.25) is 0 Å². The molecular weight excluding hydrogens is 346 g/mol. The average Bonchev–Trinajstić information content (AvgIpc) is 3.26. The van der Waals surface area contributed by atoms with Crippen molar-refractivity contribution in [1.82, 2.24) is 45.2 Å². The van der Waals surface area contributed by atoms with Crippen LogP contribution >= 0.6 is 0 Å². The molecule has 3 heterocycles. The number of hydrogen-bond acceptors (Lipinski definition) is 7. The molecule has 1 aliphatic heterocycles. The van der Waals surface area contributed by atoms with Gasteiger partial charge in [0, 0.05) is 20.0 Å². The number of hydrogen-bond donors (Lipinski definition) is 1. The van der Waals surface area contributed by atoms with Crippen LogP contribution in [0.5, 0.6) is 0 Å². The van der Waals surface area contributed by atoms with E-state index in [0.717, 1.165) is 37.2 Å². The molecule has 1 amide bonds. The van der Waals surface area contributed by atoms with Gasteiger partial charge < -0.3 is 5.32 Å². The summed E-state index contributed by atoms with van der Waals surface area (Å²) in [6, 6.07) is -0.171. The summed E-state index contributed by atoms with van der Waals surface area (Å²) in [5, 5.41) is 19.0. The first-order valence-corrected chi connectivity index (χ1v) is 9.63. The second-order valence-corrected chi connectivity index (χ2v) is 7.41. The SMILES string of the molecule is CC1CCN(Cc2nnnn2CCCC(=O)N[C@H](C)c2ncnn2C)CC1. The lowest BCUT2D eigenvalue weighted by Crippen LogP contribution is -2.33. The highest BCUT2D eigenvalue weighted by atomic mass is 16.1. The van der Waals surface area contributed by atoms with E-state index in [1.54, 1.807) is 4.68 Å². The number of amides is 1. The maximum absolute atomic E-state index is 12.2. The molecule has 10 heteroatoms. The van der Waals surface area contributed by atoms with E-state index in [0.29, 0.717) is 19.4 Å². The number of aromatic nitrogens is 7. The third-order valence-electron chi connectivity index (χ3n) is 5.13. The van der Waals surface area contributed by atoms with Gasteiger partial charge in [-0.25, -0.2) is 9.67 Å². The normalized spacial score (nSPS) is 17.1. The molecule has 1 atom stereocenters. The molecular formula is C17H29N9O. The molecule has 27 heavy (non-hydrogen) atoms. The van der Waals surface area contributed by atoms with Gasteiger partial charge >= 0.3 is 0 Å². The van der Waals surface area contributed by atoms with Crippen LogP contribution in [0, 0.1) is 5.92 Å². The summed E-state index contributed by atoms with van der Waals surface area (Å²) in [6.07, 6.45) is 5.05. The molecule has 0 radical (unpaired) electrons. The molecule has 0 unspecified atom stereocenters. The molecule has 10 nitrogen and oxygen atoms in total. The van der Waals surface area contributed by atoms with Crippen LogP contribution in [0.4, 0.5) is 0 Å². The second kappa shape index (κ2) is 9.03. The van der Waals surface area contributed by atoms with Crippen molar-refractivity contribution in [2.75, 3.05) is 13.1 Å². The van der Waals surface area contributed by atoms with Crippen LogP contribution in [0.25, 0.3) is 0 Å². The number of nitrogens with one attached hydrogen (secondary N) is 1. The van der Waals surface area contributed by atoms with E-state index in [1.807, 2.05) is 18.7 Å². The van der Waals surface area contributed by atoms with Crippen molar-refractivity contribution in [2.45, 2.75) is 58.7 Å². The lowest BCUT2D eigenvalue weighted by atomic mass is 9.99. The van der Waals surface area contributed by atoms with E-state index in [9.17, 15) is 4.79 Å². The molecule has 0 aromatic carbocycles. The molecule has 148 valence electrons. The fourth-order valence-corrected chi connectivity index (χ4v) is 3.40. The molecule has 1 fully saturated rings. The van der Waals surface area contributed by atoms with E-state index < -0.39 is 0 Å². The van der Waals surface area contributed by atoms with Gasteiger partial charge in [0.05, 0.1) is 12.6 Å². The second-order valence-electron chi connectivity index (χ2n) is 7.41. The van der Waals surface area contributed by atoms with Crippen molar-refractivity contribution < 1.29 is 4.79 Å². The Morgan fingerprint density at radius 1 is 1.37 bits per heavy atom. The van der Waals surface area contributed by atoms with Gasteiger partial charge in [0.25, 0.3) is 0 Å². The molecule has 0 saturated carbocycles. The molecule has 1 N–H and O–H groups in total. The van der Waals surface area contributed by atoms with Crippen molar-refractivity contribution in [3.05, 3.63) is 18.0 Å². The third kappa shape index (κ3) is 5.31. The van der Waals surface area contributed by atoms with Gasteiger partial charge in [-0.05, 0) is 55.6 Å². The number of carbonyl (C=O) groups is 1. The van der Waals surface area contributed by atoms with E-state index in [4.69, 9.17) is 0 Å². The van der Waals surface area contributed by atoms with Crippen molar-refractivity contribution in [2.24, 2.45) is 13.0 Å². The van der Waals surface area contributed by atoms with Crippen LogP contribution in [0.3, 0.4) is 0 Å². The molecule has 0 aliphatic carbocycles. The van der Waals surface area contributed by atoms with E-state index in [1.165, 1.54) is 19.2 Å². The first kappa shape index (κ1) is 19.4. The number of nitrogens with zero attached hydrogens (tertiary/aromatic N) is 8. The highest BCUT2D eigenvalue weighted by Crippen LogP contribution is 2.17. The van der Waals surface area contributed by atoms with Crippen LogP contribution in [0.15, 0.2) is 6.33 Å². The lowest BCUT2D eigenvalue weighted by Gasteiger charge is -2.29. The van der Waals surface area contributed by atoms with Crippen molar-refractivity contribution >= 4 is 5.91 Å². The average molecular weight is 375 g/mol. The molecule has 0 spiro atoms. The molecule has 2 aromatic rings. The maximum Gasteiger partial charge on any atom is 0.220 e. The summed E-state index contributed by atoms with van der Waals surface area (Å²) >= 11 is 0. The number of rotatable bonds is 8. The fraction of sp³-hybridized carbons (Fsp3) is 0.765. The minimum Gasteiger partial charge on any atom is -0.346 e. The Morgan fingerprint density at radius 3 is 2.85 bits per heavy atom. The van der Waals surface area contributed by atoms with E-state index in [-0.39, 0.29) is 11.9 Å². The summed E-state index contributed by atoms with van der Waals surface area (Å²) in [5.74, 6) is 2.41. The predicted octanol–water partition coefficient (Wildman–Crippen LogP) is 0.691. The monoisotopic (exact) mass is 375 g/mol. The molecule has 1 aliphatic rings. The van der Waals surface area contributed by atoms with E-state index >= 15 is 0 Å². The van der Waals surface area contributed by atoms with Crippen molar-refractivity contribution in [3.63, 3.8) is 0 Å². The zero-order valence-corrected chi connectivity index (χ0v) is 16.4. The number of piperidine rings is 1. The predicted molar refractivity (Wildman–Crippen MR) is 98.3 cm³/mol. The number of aryl methyl sites for hydroxylation is 2. The maximum atomic E-state index is 12.2. The number of tetrazole rings is 1. The number of likely N-dealkylation sites (tertiary alicyclic amines) is 1. The fourth-order valence-electron chi connectivity index (χ4n) is 3.40. The third-order valence-corrected chi connectivity index (χ3v) is 5.13. The minimum atomic E-state index is -0.171. The first-order valence-electron chi connectivity index (χ1n) is 9.63. The molecule has 3 rings (SSSR count). The summed E-state index contributed by atoms with van der Waals surface area (Å²) in [7, 11) is 1.81. The van der Waals surface area contributed by atoms with Crippen molar-refractivity contribution in [1.29, 1.82) is 0 Å².